The molecule has 2 aromatic carbocycles. The van der Waals surface area contributed by atoms with Gasteiger partial charge in [0.1, 0.15) is 5.75 Å². The lowest BCUT2D eigenvalue weighted by Gasteiger charge is -2.19. The average Bonchev–Trinajstić information content (AvgIpc) is 2.44. The Labute approximate surface area is 146 Å². The van der Waals surface area contributed by atoms with Crippen LogP contribution in [0.1, 0.15) is 37.0 Å². The van der Waals surface area contributed by atoms with Gasteiger partial charge < -0.3 is 9.84 Å². The van der Waals surface area contributed by atoms with Crippen molar-refractivity contribution in [1.29, 1.82) is 0 Å². The lowest BCUT2D eigenvalue weighted by atomic mass is 9.92. The largest absolute Gasteiger partial charge is 0.493 e. The maximum Gasteiger partial charge on any atom is 0.417 e. The molecule has 0 radical (unpaired) electrons. The van der Waals surface area contributed by atoms with Crippen molar-refractivity contribution in [3.05, 3.63) is 53.1 Å². The summed E-state index contributed by atoms with van der Waals surface area (Å²) < 4.78 is 45.6. The fourth-order valence-electron chi connectivity index (χ4n) is 2.80. The van der Waals surface area contributed by atoms with Crippen molar-refractivity contribution < 1.29 is 23.0 Å². The molecule has 25 heavy (non-hydrogen) atoms. The summed E-state index contributed by atoms with van der Waals surface area (Å²) in [6.07, 6.45) is -3.94. The molecule has 0 saturated heterocycles. The van der Waals surface area contributed by atoms with Crippen LogP contribution in [-0.2, 0) is 6.18 Å². The zero-order valence-corrected chi connectivity index (χ0v) is 14.9. The van der Waals surface area contributed by atoms with E-state index < -0.39 is 17.3 Å². The Bertz CT molecular complexity index is 720. The number of rotatable bonds is 5. The van der Waals surface area contributed by atoms with Gasteiger partial charge in [-0.3, -0.25) is 0 Å². The molecule has 0 bridgehead atoms. The number of halogens is 3. The van der Waals surface area contributed by atoms with Crippen molar-refractivity contribution in [3.63, 3.8) is 0 Å². The van der Waals surface area contributed by atoms with Gasteiger partial charge in [-0.25, -0.2) is 0 Å². The second kappa shape index (κ2) is 7.08. The van der Waals surface area contributed by atoms with Crippen LogP contribution in [0.25, 0.3) is 11.1 Å². The standard InChI is InChI=1S/C20H23F3O2/c1-13-11-15(25-10-9-19(3,4)24)12-14(2)18(13)16-7-5-6-8-17(16)20(21,22)23/h5-8,11-12,24H,9-10H2,1-4H3. The molecule has 5 heteroatoms. The van der Waals surface area contributed by atoms with Gasteiger partial charge >= 0.3 is 6.18 Å². The third-order valence-electron chi connectivity index (χ3n) is 3.99. The molecule has 0 atom stereocenters. The minimum Gasteiger partial charge on any atom is -0.493 e. The van der Waals surface area contributed by atoms with Crippen LogP contribution in [-0.4, -0.2) is 17.3 Å². The fourth-order valence-corrected chi connectivity index (χ4v) is 2.80. The number of hydrogen-bond acceptors (Lipinski definition) is 2. The van der Waals surface area contributed by atoms with E-state index in [0.717, 1.165) is 17.2 Å². The number of ether oxygens (including phenoxy) is 1. The molecule has 0 aliphatic heterocycles. The Hall–Kier alpha value is -2.01. The quantitative estimate of drug-likeness (QED) is 0.767. The van der Waals surface area contributed by atoms with Crippen molar-refractivity contribution in [1.82, 2.24) is 0 Å². The smallest absolute Gasteiger partial charge is 0.417 e. The van der Waals surface area contributed by atoms with Crippen LogP contribution in [0.15, 0.2) is 36.4 Å². The summed E-state index contributed by atoms with van der Waals surface area (Å²) in [6.45, 7) is 7.28. The number of hydrogen-bond donors (Lipinski definition) is 1. The van der Waals surface area contributed by atoms with Gasteiger partial charge in [0.15, 0.2) is 0 Å². The summed E-state index contributed by atoms with van der Waals surface area (Å²) in [7, 11) is 0. The Kier molecular flexibility index (Phi) is 5.47. The number of aryl methyl sites for hydroxylation is 2. The highest BCUT2D eigenvalue weighted by atomic mass is 19.4. The highest BCUT2D eigenvalue weighted by Crippen LogP contribution is 2.40. The molecule has 0 aliphatic rings. The first-order valence-corrected chi connectivity index (χ1v) is 8.12. The van der Waals surface area contributed by atoms with Crippen LogP contribution in [0.2, 0.25) is 0 Å². The first-order chi connectivity index (χ1) is 11.5. The second-order valence-corrected chi connectivity index (χ2v) is 6.89. The zero-order valence-electron chi connectivity index (χ0n) is 14.9. The van der Waals surface area contributed by atoms with Gasteiger partial charge in [0.2, 0.25) is 0 Å². The molecule has 0 spiro atoms. The predicted molar refractivity (Wildman–Crippen MR) is 92.8 cm³/mol. The molecule has 2 rings (SSSR count). The molecule has 0 aromatic heterocycles. The Morgan fingerprint density at radius 3 is 2.08 bits per heavy atom. The van der Waals surface area contributed by atoms with Gasteiger partial charge in [0, 0.05) is 6.42 Å². The molecule has 0 aliphatic carbocycles. The summed E-state index contributed by atoms with van der Waals surface area (Å²) in [4.78, 5) is 0. The van der Waals surface area contributed by atoms with Crippen LogP contribution in [0.4, 0.5) is 13.2 Å². The Balaban J connectivity index is 2.36. The average molecular weight is 352 g/mol. The van der Waals surface area contributed by atoms with Crippen molar-refractivity contribution in [3.8, 4) is 16.9 Å². The number of benzene rings is 2. The third-order valence-corrected chi connectivity index (χ3v) is 3.99. The summed E-state index contributed by atoms with van der Waals surface area (Å²) in [6, 6.07) is 9.07. The molecule has 1 N–H and O–H groups in total. The van der Waals surface area contributed by atoms with E-state index in [0.29, 0.717) is 24.3 Å². The molecule has 0 amide bonds. The van der Waals surface area contributed by atoms with E-state index in [4.69, 9.17) is 4.74 Å². The molecule has 2 aromatic rings. The van der Waals surface area contributed by atoms with Gasteiger partial charge in [-0.15, -0.1) is 0 Å². The minimum atomic E-state index is -4.41. The number of aliphatic hydroxyl groups is 1. The van der Waals surface area contributed by atoms with Crippen LogP contribution < -0.4 is 4.74 Å². The molecule has 0 fully saturated rings. The highest BCUT2D eigenvalue weighted by Gasteiger charge is 2.33. The van der Waals surface area contributed by atoms with E-state index >= 15 is 0 Å². The monoisotopic (exact) mass is 352 g/mol. The molecule has 2 nitrogen and oxygen atoms in total. The zero-order chi connectivity index (χ0) is 18.8. The van der Waals surface area contributed by atoms with Crippen molar-refractivity contribution in [2.45, 2.75) is 45.9 Å². The van der Waals surface area contributed by atoms with E-state index in [2.05, 4.69) is 0 Å². The molecule has 0 saturated carbocycles. The summed E-state index contributed by atoms with van der Waals surface area (Å²) in [5.41, 5.74) is 0.716. The molecular weight excluding hydrogens is 329 g/mol. The van der Waals surface area contributed by atoms with Gasteiger partial charge in [0.25, 0.3) is 0 Å². The lowest BCUT2D eigenvalue weighted by Crippen LogP contribution is -2.21. The predicted octanol–water partition coefficient (Wildman–Crippen LogP) is 5.53. The third kappa shape index (κ3) is 4.98. The normalized spacial score (nSPS) is 12.3. The lowest BCUT2D eigenvalue weighted by molar-refractivity contribution is -0.137. The first kappa shape index (κ1) is 19.3. The van der Waals surface area contributed by atoms with E-state index in [-0.39, 0.29) is 5.56 Å². The van der Waals surface area contributed by atoms with Crippen molar-refractivity contribution >= 4 is 0 Å². The van der Waals surface area contributed by atoms with Crippen LogP contribution in [0.5, 0.6) is 5.75 Å². The molecule has 0 heterocycles. The van der Waals surface area contributed by atoms with Crippen LogP contribution >= 0.6 is 0 Å². The summed E-state index contributed by atoms with van der Waals surface area (Å²) in [5, 5.41) is 9.72. The Morgan fingerprint density at radius 2 is 1.56 bits per heavy atom. The molecule has 0 unspecified atom stereocenters. The van der Waals surface area contributed by atoms with Crippen molar-refractivity contribution in [2.24, 2.45) is 0 Å². The minimum absolute atomic E-state index is 0.174. The van der Waals surface area contributed by atoms with Gasteiger partial charge in [-0.2, -0.15) is 13.2 Å². The molecule has 136 valence electrons. The van der Waals surface area contributed by atoms with Crippen LogP contribution in [0.3, 0.4) is 0 Å². The number of alkyl halides is 3. The maximum atomic E-state index is 13.3. The van der Waals surface area contributed by atoms with E-state index in [1.165, 1.54) is 12.1 Å². The fraction of sp³-hybridized carbons (Fsp3) is 0.400. The van der Waals surface area contributed by atoms with Crippen LogP contribution in [0, 0.1) is 13.8 Å². The van der Waals surface area contributed by atoms with Crippen molar-refractivity contribution in [2.75, 3.05) is 6.61 Å². The summed E-state index contributed by atoms with van der Waals surface area (Å²) >= 11 is 0. The van der Waals surface area contributed by atoms with E-state index in [9.17, 15) is 18.3 Å². The summed E-state index contributed by atoms with van der Waals surface area (Å²) in [5.74, 6) is 0.590. The van der Waals surface area contributed by atoms with Gasteiger partial charge in [-0.05, 0) is 68.1 Å². The van der Waals surface area contributed by atoms with Gasteiger partial charge in [0.05, 0.1) is 17.8 Å². The second-order valence-electron chi connectivity index (χ2n) is 6.89. The SMILES string of the molecule is Cc1cc(OCCC(C)(C)O)cc(C)c1-c1ccccc1C(F)(F)F. The highest BCUT2D eigenvalue weighted by molar-refractivity contribution is 5.75. The van der Waals surface area contributed by atoms with E-state index in [1.807, 2.05) is 0 Å². The van der Waals surface area contributed by atoms with Gasteiger partial charge in [-0.1, -0.05) is 18.2 Å². The first-order valence-electron chi connectivity index (χ1n) is 8.12. The van der Waals surface area contributed by atoms with E-state index in [1.54, 1.807) is 45.9 Å². The topological polar surface area (TPSA) is 29.5 Å². The molecular formula is C20H23F3O2. The maximum absolute atomic E-state index is 13.3. The Morgan fingerprint density at radius 1 is 1.00 bits per heavy atom.